The van der Waals surface area contributed by atoms with Crippen LogP contribution in [0.25, 0.3) is 0 Å². The largest absolute Gasteiger partial charge is 0.464 e. The summed E-state index contributed by atoms with van der Waals surface area (Å²) >= 11 is 0. The molecule has 0 aliphatic heterocycles. The number of benzene rings is 1. The molecule has 0 saturated carbocycles. The van der Waals surface area contributed by atoms with Crippen molar-refractivity contribution < 1.29 is 8.81 Å². The van der Waals surface area contributed by atoms with Gasteiger partial charge in [0.2, 0.25) is 0 Å². The summed E-state index contributed by atoms with van der Waals surface area (Å²) in [4.78, 5) is 0. The smallest absolute Gasteiger partial charge is 0.126 e. The van der Waals surface area contributed by atoms with Gasteiger partial charge in [-0.25, -0.2) is 9.82 Å². The van der Waals surface area contributed by atoms with Crippen LogP contribution in [0, 0.1) is 19.7 Å². The minimum atomic E-state index is -0.334. The average molecular weight is 234 g/mol. The van der Waals surface area contributed by atoms with Gasteiger partial charge in [-0.15, -0.1) is 0 Å². The van der Waals surface area contributed by atoms with Crippen molar-refractivity contribution in [2.75, 3.05) is 0 Å². The quantitative estimate of drug-likeness (QED) is 0.634. The maximum Gasteiger partial charge on any atom is 0.126 e. The molecular formula is C13H15FN2O. The number of hydrogen-bond donors (Lipinski definition) is 2. The fourth-order valence-electron chi connectivity index (χ4n) is 1.86. The maximum absolute atomic E-state index is 13.3. The number of furan rings is 1. The summed E-state index contributed by atoms with van der Waals surface area (Å²) in [6, 6.07) is 7.99. The Morgan fingerprint density at radius 1 is 1.24 bits per heavy atom. The molecule has 0 bridgehead atoms. The van der Waals surface area contributed by atoms with Gasteiger partial charge < -0.3 is 4.42 Å². The van der Waals surface area contributed by atoms with Gasteiger partial charge in [0.25, 0.3) is 0 Å². The number of halogens is 1. The van der Waals surface area contributed by atoms with Gasteiger partial charge in [-0.2, -0.15) is 0 Å². The van der Waals surface area contributed by atoms with Crippen molar-refractivity contribution in [3.63, 3.8) is 0 Å². The van der Waals surface area contributed by atoms with Crippen LogP contribution in [0.2, 0.25) is 0 Å². The lowest BCUT2D eigenvalue weighted by atomic mass is 10.00. The molecule has 0 radical (unpaired) electrons. The summed E-state index contributed by atoms with van der Waals surface area (Å²) in [5.74, 6) is 6.73. The Balaban J connectivity index is 2.45. The van der Waals surface area contributed by atoms with Gasteiger partial charge >= 0.3 is 0 Å². The Kier molecular flexibility index (Phi) is 3.26. The molecule has 1 unspecified atom stereocenters. The van der Waals surface area contributed by atoms with E-state index in [4.69, 9.17) is 10.3 Å². The van der Waals surface area contributed by atoms with Gasteiger partial charge in [0.05, 0.1) is 0 Å². The third-order valence-corrected chi connectivity index (χ3v) is 2.76. The molecule has 90 valence electrons. The second-order valence-corrected chi connectivity index (χ2v) is 4.05. The second-order valence-electron chi connectivity index (χ2n) is 4.05. The molecule has 0 saturated heterocycles. The molecule has 0 aliphatic carbocycles. The zero-order valence-electron chi connectivity index (χ0n) is 9.83. The summed E-state index contributed by atoms with van der Waals surface area (Å²) in [5, 5.41) is 0. The van der Waals surface area contributed by atoms with Crippen molar-refractivity contribution in [1.82, 2.24) is 5.43 Å². The fraction of sp³-hybridized carbons (Fsp3) is 0.231. The SMILES string of the molecule is Cc1ccc(C(NN)c2cc(F)ccc2C)o1. The van der Waals surface area contributed by atoms with Crippen LogP contribution >= 0.6 is 0 Å². The lowest BCUT2D eigenvalue weighted by molar-refractivity contribution is 0.433. The van der Waals surface area contributed by atoms with Crippen molar-refractivity contribution in [2.24, 2.45) is 5.84 Å². The van der Waals surface area contributed by atoms with Gasteiger partial charge in [0, 0.05) is 0 Å². The Morgan fingerprint density at radius 3 is 2.59 bits per heavy atom. The molecular weight excluding hydrogens is 219 g/mol. The molecule has 17 heavy (non-hydrogen) atoms. The molecule has 1 atom stereocenters. The highest BCUT2D eigenvalue weighted by molar-refractivity contribution is 5.34. The lowest BCUT2D eigenvalue weighted by Gasteiger charge is -2.16. The van der Waals surface area contributed by atoms with Crippen LogP contribution in [0.15, 0.2) is 34.7 Å². The van der Waals surface area contributed by atoms with E-state index in [1.165, 1.54) is 12.1 Å². The van der Waals surface area contributed by atoms with E-state index in [9.17, 15) is 4.39 Å². The van der Waals surface area contributed by atoms with E-state index in [-0.39, 0.29) is 11.9 Å². The molecule has 4 heteroatoms. The van der Waals surface area contributed by atoms with Crippen molar-refractivity contribution in [3.05, 3.63) is 58.8 Å². The van der Waals surface area contributed by atoms with Gasteiger partial charge in [-0.3, -0.25) is 5.84 Å². The van der Waals surface area contributed by atoms with Crippen LogP contribution in [0.3, 0.4) is 0 Å². The molecule has 2 aromatic rings. The monoisotopic (exact) mass is 234 g/mol. The number of nitrogens with two attached hydrogens (primary N) is 1. The topological polar surface area (TPSA) is 51.2 Å². The van der Waals surface area contributed by atoms with E-state index in [1.54, 1.807) is 6.07 Å². The van der Waals surface area contributed by atoms with Crippen molar-refractivity contribution >= 4 is 0 Å². The Hall–Kier alpha value is -1.65. The maximum atomic E-state index is 13.3. The minimum absolute atomic E-state index is 0.283. The van der Waals surface area contributed by atoms with E-state index in [2.05, 4.69) is 5.43 Å². The van der Waals surface area contributed by atoms with E-state index in [1.807, 2.05) is 26.0 Å². The number of hydrogen-bond acceptors (Lipinski definition) is 3. The molecule has 0 spiro atoms. The summed E-state index contributed by atoms with van der Waals surface area (Å²) in [7, 11) is 0. The first-order valence-corrected chi connectivity index (χ1v) is 5.40. The van der Waals surface area contributed by atoms with E-state index in [0.29, 0.717) is 5.76 Å². The van der Waals surface area contributed by atoms with Gasteiger partial charge in [0.1, 0.15) is 23.4 Å². The van der Waals surface area contributed by atoms with E-state index >= 15 is 0 Å². The number of rotatable bonds is 3. The van der Waals surface area contributed by atoms with Crippen LogP contribution in [0.4, 0.5) is 4.39 Å². The zero-order valence-corrected chi connectivity index (χ0v) is 9.83. The molecule has 3 nitrogen and oxygen atoms in total. The fourth-order valence-corrected chi connectivity index (χ4v) is 1.86. The van der Waals surface area contributed by atoms with Crippen LogP contribution in [0.1, 0.15) is 28.7 Å². The van der Waals surface area contributed by atoms with Gasteiger partial charge in [-0.05, 0) is 49.2 Å². The predicted molar refractivity (Wildman–Crippen MR) is 63.7 cm³/mol. The van der Waals surface area contributed by atoms with Crippen molar-refractivity contribution in [1.29, 1.82) is 0 Å². The molecule has 1 aromatic heterocycles. The zero-order chi connectivity index (χ0) is 12.4. The first-order chi connectivity index (χ1) is 8.11. The Labute approximate surface area is 99.4 Å². The first-order valence-electron chi connectivity index (χ1n) is 5.40. The highest BCUT2D eigenvalue weighted by atomic mass is 19.1. The average Bonchev–Trinajstić information content (AvgIpc) is 2.71. The molecule has 0 fully saturated rings. The minimum Gasteiger partial charge on any atom is -0.464 e. The van der Waals surface area contributed by atoms with E-state index in [0.717, 1.165) is 16.9 Å². The number of hydrazine groups is 1. The highest BCUT2D eigenvalue weighted by Crippen LogP contribution is 2.26. The van der Waals surface area contributed by atoms with E-state index < -0.39 is 0 Å². The highest BCUT2D eigenvalue weighted by Gasteiger charge is 2.18. The van der Waals surface area contributed by atoms with Crippen molar-refractivity contribution in [3.8, 4) is 0 Å². The number of nitrogens with one attached hydrogen (secondary N) is 1. The molecule has 2 rings (SSSR count). The molecule has 0 amide bonds. The molecule has 0 aliphatic rings. The normalized spacial score (nSPS) is 12.7. The lowest BCUT2D eigenvalue weighted by Crippen LogP contribution is -2.29. The van der Waals surface area contributed by atoms with Crippen molar-refractivity contribution in [2.45, 2.75) is 19.9 Å². The third-order valence-electron chi connectivity index (χ3n) is 2.76. The standard InChI is InChI=1S/C13H15FN2O/c1-8-3-5-10(14)7-11(8)13(16-15)12-6-4-9(2)17-12/h3-7,13,16H,15H2,1-2H3. The third kappa shape index (κ3) is 2.38. The summed E-state index contributed by atoms with van der Waals surface area (Å²) < 4.78 is 18.8. The summed E-state index contributed by atoms with van der Waals surface area (Å²) in [5.41, 5.74) is 4.40. The molecule has 1 aromatic carbocycles. The van der Waals surface area contributed by atoms with Crippen LogP contribution < -0.4 is 11.3 Å². The van der Waals surface area contributed by atoms with Crippen LogP contribution in [-0.2, 0) is 0 Å². The Morgan fingerprint density at radius 2 is 2.00 bits per heavy atom. The Bertz CT molecular complexity index is 522. The van der Waals surface area contributed by atoms with Crippen LogP contribution in [0.5, 0.6) is 0 Å². The van der Waals surface area contributed by atoms with Gasteiger partial charge in [0.15, 0.2) is 0 Å². The molecule has 1 heterocycles. The second kappa shape index (κ2) is 4.69. The molecule has 3 N–H and O–H groups in total. The summed E-state index contributed by atoms with van der Waals surface area (Å²) in [6.07, 6.45) is 0. The van der Waals surface area contributed by atoms with Gasteiger partial charge in [-0.1, -0.05) is 6.07 Å². The first kappa shape index (κ1) is 11.8. The predicted octanol–water partition coefficient (Wildman–Crippen LogP) is 2.59. The van der Waals surface area contributed by atoms with Crippen LogP contribution in [-0.4, -0.2) is 0 Å². The summed E-state index contributed by atoms with van der Waals surface area (Å²) in [6.45, 7) is 3.77. The number of aryl methyl sites for hydroxylation is 2.